The lowest BCUT2D eigenvalue weighted by atomic mass is 10.1. The lowest BCUT2D eigenvalue weighted by Crippen LogP contribution is -2.51. The first-order valence-corrected chi connectivity index (χ1v) is 12.7. The first-order valence-electron chi connectivity index (χ1n) is 10.9. The van der Waals surface area contributed by atoms with Gasteiger partial charge in [-0.25, -0.2) is 8.42 Å². The predicted octanol–water partition coefficient (Wildman–Crippen LogP) is 2.99. The van der Waals surface area contributed by atoms with Gasteiger partial charge >= 0.3 is 0 Å². The summed E-state index contributed by atoms with van der Waals surface area (Å²) in [4.78, 5) is 19.4. The van der Waals surface area contributed by atoms with Crippen LogP contribution >= 0.6 is 11.6 Å². The van der Waals surface area contributed by atoms with E-state index in [9.17, 15) is 13.2 Å². The second-order valence-electron chi connectivity index (χ2n) is 8.49. The smallest absolute Gasteiger partial charge is 0.259 e. The molecule has 2 aliphatic heterocycles. The van der Waals surface area contributed by atoms with Gasteiger partial charge in [-0.15, -0.1) is 0 Å². The summed E-state index contributed by atoms with van der Waals surface area (Å²) in [6.45, 7) is 6.12. The largest absolute Gasteiger partial charge is 0.356 e. The topological polar surface area (TPSA) is 101 Å². The Labute approximate surface area is 199 Å². The minimum absolute atomic E-state index is 0.0608. The number of benzene rings is 1. The van der Waals surface area contributed by atoms with Gasteiger partial charge in [0.1, 0.15) is 10.9 Å². The molecule has 2 saturated heterocycles. The van der Waals surface area contributed by atoms with Crippen molar-refractivity contribution >= 4 is 39.4 Å². The average molecular weight is 490 g/mol. The molecule has 176 valence electrons. The van der Waals surface area contributed by atoms with Gasteiger partial charge in [0, 0.05) is 49.0 Å². The van der Waals surface area contributed by atoms with E-state index in [-0.39, 0.29) is 24.0 Å². The van der Waals surface area contributed by atoms with Crippen molar-refractivity contribution in [1.82, 2.24) is 19.1 Å². The monoisotopic (exact) mass is 489 g/mol. The number of nitrogens with one attached hydrogen (secondary N) is 2. The number of rotatable bonds is 6. The lowest BCUT2D eigenvalue weighted by molar-refractivity contribution is -0.134. The van der Waals surface area contributed by atoms with E-state index in [1.807, 2.05) is 29.2 Å². The van der Waals surface area contributed by atoms with E-state index in [2.05, 4.69) is 4.98 Å². The number of carbonyl (C=O) groups is 1. The minimum atomic E-state index is -3.82. The zero-order valence-electron chi connectivity index (χ0n) is 18.8. The molecule has 0 radical (unpaired) electrons. The number of nitrogens with zero attached hydrogens (tertiary/aromatic N) is 3. The van der Waals surface area contributed by atoms with Crippen LogP contribution < -0.4 is 0 Å². The van der Waals surface area contributed by atoms with Crippen LogP contribution in [-0.4, -0.2) is 72.0 Å². The minimum Gasteiger partial charge on any atom is -0.356 e. The van der Waals surface area contributed by atoms with Crippen molar-refractivity contribution in [2.75, 3.05) is 32.7 Å². The van der Waals surface area contributed by atoms with Crippen LogP contribution in [0.1, 0.15) is 35.7 Å². The number of carbonyl (C=O) groups excluding carboxylic acids is 1. The Bertz CT molecular complexity index is 1200. The Morgan fingerprint density at radius 3 is 2.45 bits per heavy atom. The third kappa shape index (κ3) is 5.00. The fourth-order valence-corrected chi connectivity index (χ4v) is 5.51. The number of H-pyrrole nitrogens is 1. The highest BCUT2D eigenvalue weighted by atomic mass is 35.5. The number of sulfonamides is 1. The Morgan fingerprint density at radius 1 is 1.18 bits per heavy atom. The highest BCUT2D eigenvalue weighted by molar-refractivity contribution is 7.89. The number of piperazine rings is 1. The Balaban J connectivity index is 1.40. The summed E-state index contributed by atoms with van der Waals surface area (Å²) in [6, 6.07) is 9.21. The Hall–Kier alpha value is -2.62. The van der Waals surface area contributed by atoms with Gasteiger partial charge in [0.15, 0.2) is 0 Å². The number of hydrogen-bond donors (Lipinski definition) is 2. The number of likely N-dealkylation sites (tertiary alicyclic amines) is 1. The molecule has 2 aromatic rings. The summed E-state index contributed by atoms with van der Waals surface area (Å²) in [6.07, 6.45) is 2.82. The van der Waals surface area contributed by atoms with E-state index in [0.717, 1.165) is 30.6 Å². The summed E-state index contributed by atoms with van der Waals surface area (Å²) in [7, 11) is -3.82. The van der Waals surface area contributed by atoms with Gasteiger partial charge in [0.05, 0.1) is 6.54 Å². The number of hydrogen-bond acceptors (Lipinski definition) is 4. The molecule has 10 heteroatoms. The van der Waals surface area contributed by atoms with Crippen LogP contribution in [0.4, 0.5) is 0 Å². The third-order valence-corrected chi connectivity index (χ3v) is 7.94. The van der Waals surface area contributed by atoms with Gasteiger partial charge in [-0.2, -0.15) is 4.31 Å². The van der Waals surface area contributed by atoms with E-state index in [0.29, 0.717) is 35.2 Å². The molecule has 0 aliphatic carbocycles. The highest BCUT2D eigenvalue weighted by Crippen LogP contribution is 2.23. The fraction of sp³-hybridized carbons (Fsp3) is 0.391. The van der Waals surface area contributed by atoms with E-state index >= 15 is 0 Å². The van der Waals surface area contributed by atoms with Crippen LogP contribution in [0, 0.1) is 12.3 Å². The van der Waals surface area contributed by atoms with Crippen molar-refractivity contribution in [3.05, 3.63) is 57.7 Å². The first-order chi connectivity index (χ1) is 15.6. The summed E-state index contributed by atoms with van der Waals surface area (Å²) < 4.78 is 27.4. The van der Waals surface area contributed by atoms with Crippen molar-refractivity contribution < 1.29 is 13.2 Å². The number of amidine groups is 1. The summed E-state index contributed by atoms with van der Waals surface area (Å²) >= 11 is 5.93. The molecule has 0 bridgehead atoms. The molecule has 1 amide bonds. The number of allylic oxidation sites excluding steroid dienone is 1. The van der Waals surface area contributed by atoms with Crippen molar-refractivity contribution in [2.45, 2.75) is 31.8 Å². The van der Waals surface area contributed by atoms with Crippen molar-refractivity contribution in [2.24, 2.45) is 0 Å². The number of halogens is 1. The van der Waals surface area contributed by atoms with E-state index in [1.165, 1.54) is 4.31 Å². The molecule has 1 aromatic carbocycles. The molecule has 8 nitrogen and oxygen atoms in total. The number of amides is 1. The second kappa shape index (κ2) is 9.32. The Kier molecular flexibility index (Phi) is 6.65. The molecule has 0 spiro atoms. The average Bonchev–Trinajstić information content (AvgIpc) is 3.09. The molecule has 4 rings (SSSR count). The molecule has 2 N–H and O–H groups in total. The molecule has 33 heavy (non-hydrogen) atoms. The normalized spacial score (nSPS) is 17.9. The summed E-state index contributed by atoms with van der Waals surface area (Å²) in [5, 5.41) is 8.84. The van der Waals surface area contributed by atoms with E-state index < -0.39 is 10.0 Å². The molecule has 0 saturated carbocycles. The first kappa shape index (κ1) is 23.5. The number of aromatic nitrogens is 1. The molecule has 2 aliphatic rings. The molecule has 3 heterocycles. The van der Waals surface area contributed by atoms with Gasteiger partial charge < -0.3 is 14.8 Å². The maximum Gasteiger partial charge on any atom is 0.259 e. The fourth-order valence-electron chi connectivity index (χ4n) is 3.95. The molecule has 0 atom stereocenters. The standard InChI is InChI=1S/C23H28ClN5O3S/c1-16(24)12-20-13-21(26-17(20)2)33(31,32)29-11-10-28(22(30)15-29)14-18-4-6-19(7-5-18)23(25)27-8-3-9-27/h4-7,12-13,25-26H,3,8-11,14-15H2,1-2H3/b16-12+,25-23?. The van der Waals surface area contributed by atoms with Gasteiger partial charge in [-0.1, -0.05) is 35.9 Å². The third-order valence-electron chi connectivity index (χ3n) is 6.06. The van der Waals surface area contributed by atoms with Crippen LogP contribution in [0.3, 0.4) is 0 Å². The number of aryl methyl sites for hydroxylation is 1. The number of aromatic amines is 1. The zero-order valence-corrected chi connectivity index (χ0v) is 20.3. The summed E-state index contributed by atoms with van der Waals surface area (Å²) in [5.74, 6) is 0.296. The maximum atomic E-state index is 13.1. The van der Waals surface area contributed by atoms with Crippen LogP contribution in [0.5, 0.6) is 0 Å². The predicted molar refractivity (Wildman–Crippen MR) is 129 cm³/mol. The highest BCUT2D eigenvalue weighted by Gasteiger charge is 2.34. The molecular weight excluding hydrogens is 462 g/mol. The molecular formula is C23H28ClN5O3S. The molecule has 2 fully saturated rings. The van der Waals surface area contributed by atoms with E-state index in [1.54, 1.807) is 30.9 Å². The van der Waals surface area contributed by atoms with Crippen molar-refractivity contribution in [3.63, 3.8) is 0 Å². The molecule has 0 unspecified atom stereocenters. The quantitative estimate of drug-likeness (QED) is 0.481. The van der Waals surface area contributed by atoms with Gasteiger partial charge in [0.25, 0.3) is 10.0 Å². The van der Waals surface area contributed by atoms with Crippen molar-refractivity contribution in [3.8, 4) is 0 Å². The van der Waals surface area contributed by atoms with Gasteiger partial charge in [-0.3, -0.25) is 10.2 Å². The summed E-state index contributed by atoms with van der Waals surface area (Å²) in [5.41, 5.74) is 3.22. The van der Waals surface area contributed by atoms with Crippen LogP contribution in [0.15, 0.2) is 40.4 Å². The van der Waals surface area contributed by atoms with Crippen LogP contribution in [-0.2, 0) is 21.4 Å². The van der Waals surface area contributed by atoms with Crippen LogP contribution in [0.25, 0.3) is 6.08 Å². The second-order valence-corrected chi connectivity index (χ2v) is 11.0. The van der Waals surface area contributed by atoms with Gasteiger partial charge in [-0.05, 0) is 43.5 Å². The van der Waals surface area contributed by atoms with E-state index in [4.69, 9.17) is 17.0 Å². The maximum absolute atomic E-state index is 13.1. The van der Waals surface area contributed by atoms with Gasteiger partial charge in [0.2, 0.25) is 5.91 Å². The SMILES string of the molecule is C/C(Cl)=C\c1cc(S(=O)(=O)N2CCN(Cc3ccc(C(=N)N4CCC4)cc3)C(=O)C2)[nH]c1C. The van der Waals surface area contributed by atoms with Crippen molar-refractivity contribution in [1.29, 1.82) is 5.41 Å². The Morgan fingerprint density at radius 2 is 1.88 bits per heavy atom. The van der Waals surface area contributed by atoms with Crippen LogP contribution in [0.2, 0.25) is 0 Å². The zero-order chi connectivity index (χ0) is 23.8. The lowest BCUT2D eigenvalue weighted by Gasteiger charge is -2.34. The molecule has 1 aromatic heterocycles.